The van der Waals surface area contributed by atoms with E-state index in [9.17, 15) is 9.13 Å². The maximum absolute atomic E-state index is 11.3. The smallest absolute Gasteiger partial charge is 0.0728 e. The van der Waals surface area contributed by atoms with Crippen molar-refractivity contribution in [3.05, 3.63) is 0 Å². The largest absolute Gasteiger partial charge is 0.540 e. The molecule has 1 aliphatic heterocycles. The Bertz CT molecular complexity index is 194. The zero-order chi connectivity index (χ0) is 9.14. The van der Waals surface area contributed by atoms with Gasteiger partial charge >= 0.3 is 29.4 Å². The Kier molecular flexibility index (Phi) is 3.89. The van der Waals surface area contributed by atoms with Crippen molar-refractivity contribution in [3.63, 3.8) is 0 Å². The van der Waals surface area contributed by atoms with E-state index < -0.39 is 15.7 Å². The maximum Gasteiger partial charge on any atom is 0.540 e. The summed E-state index contributed by atoms with van der Waals surface area (Å²) >= 11 is 0. The molecule has 0 N–H and O–H groups in total. The maximum atomic E-state index is 11.3. The fourth-order valence-corrected chi connectivity index (χ4v) is 4.81. The second-order valence-corrected chi connectivity index (χ2v) is 5.68. The van der Waals surface area contributed by atoms with Crippen molar-refractivity contribution >= 4 is 29.4 Å². The zero-order valence-corrected chi connectivity index (χ0v) is 9.09. The molecule has 62 valence electrons. The van der Waals surface area contributed by atoms with Crippen LogP contribution in [0.3, 0.4) is 0 Å². The second kappa shape index (κ2) is 4.50. The summed E-state index contributed by atoms with van der Waals surface area (Å²) in [6, 6.07) is 0.201. The third kappa shape index (κ3) is 1.96. The zero-order valence-electron chi connectivity index (χ0n) is 7.30. The minimum Gasteiger partial charge on any atom is -0.0728 e. The molecule has 1 aliphatic rings. The van der Waals surface area contributed by atoms with Gasteiger partial charge in [-0.25, -0.2) is 0 Å². The van der Waals surface area contributed by atoms with Crippen LogP contribution in [0.15, 0.2) is 0 Å². The fraction of sp³-hybridized carbons (Fsp3) is 1.00. The number of nitrogens with zero attached hydrogens (tertiary/aromatic N) is 1. The molecular weight excluding hydrogens is 190 g/mol. The van der Waals surface area contributed by atoms with Gasteiger partial charge in [0.2, 0.25) is 0 Å². The molecule has 7 heteroatoms. The van der Waals surface area contributed by atoms with E-state index >= 15 is 0 Å². The van der Waals surface area contributed by atoms with E-state index in [1.807, 2.05) is 13.8 Å². The highest BCUT2D eigenvalue weighted by atomic mass is 31.2. The van der Waals surface area contributed by atoms with E-state index in [0.29, 0.717) is 0 Å². The van der Waals surface area contributed by atoms with Crippen molar-refractivity contribution in [2.75, 3.05) is 0 Å². The minimum atomic E-state index is -1.50. The first-order valence-electron chi connectivity index (χ1n) is 4.10. The summed E-state index contributed by atoms with van der Waals surface area (Å²) < 4.78 is 24.3. The molecular formula is C5H11B2NO2P2+2. The van der Waals surface area contributed by atoms with Crippen molar-refractivity contribution < 1.29 is 9.13 Å². The van der Waals surface area contributed by atoms with Crippen LogP contribution in [0.4, 0.5) is 0 Å². The lowest BCUT2D eigenvalue weighted by molar-refractivity contribution is 0.430. The monoisotopic (exact) mass is 201 g/mol. The number of hydrogen-bond donors (Lipinski definition) is 0. The van der Waals surface area contributed by atoms with E-state index in [1.54, 1.807) is 18.2 Å². The van der Waals surface area contributed by atoms with Gasteiger partial charge in [-0.15, -0.1) is 0 Å². The second-order valence-electron chi connectivity index (χ2n) is 2.69. The van der Waals surface area contributed by atoms with Gasteiger partial charge in [0.1, 0.15) is 0 Å². The molecule has 1 saturated heterocycles. The molecule has 0 saturated carbocycles. The predicted molar refractivity (Wildman–Crippen MR) is 52.9 cm³/mol. The molecule has 0 amide bonds. The van der Waals surface area contributed by atoms with Crippen LogP contribution in [-0.4, -0.2) is 24.3 Å². The predicted octanol–water partition coefficient (Wildman–Crippen LogP) is 2.13. The quantitative estimate of drug-likeness (QED) is 0.518. The molecule has 1 fully saturated rings. The van der Waals surface area contributed by atoms with Gasteiger partial charge in [-0.3, -0.25) is 0 Å². The van der Waals surface area contributed by atoms with Gasteiger partial charge in [0.25, 0.3) is 0 Å². The molecule has 3 nitrogen and oxygen atoms in total. The lowest BCUT2D eigenvalue weighted by Gasteiger charge is -2.08. The van der Waals surface area contributed by atoms with E-state index in [-0.39, 0.29) is 6.04 Å². The highest BCUT2D eigenvalue weighted by molar-refractivity contribution is 8.08. The molecule has 0 aromatic heterocycles. The van der Waals surface area contributed by atoms with Gasteiger partial charge in [-0.2, -0.15) is 0 Å². The number of hydrogen-bond acceptors (Lipinski definition) is 2. The first kappa shape index (κ1) is 10.4. The average molecular weight is 201 g/mol. The highest BCUT2D eigenvalue weighted by Crippen LogP contribution is 2.50. The molecule has 2 unspecified atom stereocenters. The van der Waals surface area contributed by atoms with Crippen LogP contribution >= 0.6 is 15.7 Å². The van der Waals surface area contributed by atoms with Crippen LogP contribution in [0.2, 0.25) is 0 Å². The standard InChI is InChI=1S/C5H11B2NO2P2/c1-3-5(4-2)8-11(9)6-7-12(8)10/h5H,3-4H2,1-2H3/q+2. The normalized spacial score (nSPS) is 24.2. The van der Waals surface area contributed by atoms with Gasteiger partial charge in [0, 0.05) is 0 Å². The molecule has 12 heavy (non-hydrogen) atoms. The molecule has 0 aromatic carbocycles. The Morgan fingerprint density at radius 2 is 1.58 bits per heavy atom. The van der Waals surface area contributed by atoms with Crippen LogP contribution in [0, 0.1) is 0 Å². The summed E-state index contributed by atoms with van der Waals surface area (Å²) in [5, 5.41) is 0. The average Bonchev–Trinajstić information content (AvgIpc) is 2.38. The van der Waals surface area contributed by atoms with Crippen LogP contribution in [-0.2, 0) is 9.13 Å². The summed E-state index contributed by atoms with van der Waals surface area (Å²) in [5.74, 6) is 0. The lowest BCUT2D eigenvalue weighted by atomic mass is 9.76. The van der Waals surface area contributed by atoms with Crippen LogP contribution in [0.25, 0.3) is 0 Å². The Hall–Kier alpha value is 0.290. The van der Waals surface area contributed by atoms with Crippen molar-refractivity contribution in [2.45, 2.75) is 32.7 Å². The summed E-state index contributed by atoms with van der Waals surface area (Å²) in [4.78, 5) is 0. The van der Waals surface area contributed by atoms with Gasteiger partial charge in [-0.1, -0.05) is 23.0 Å². The third-order valence-corrected chi connectivity index (χ3v) is 5.56. The van der Waals surface area contributed by atoms with E-state index in [4.69, 9.17) is 0 Å². The molecule has 0 bridgehead atoms. The molecule has 1 heterocycles. The molecule has 2 atom stereocenters. The fourth-order valence-electron chi connectivity index (χ4n) is 1.27. The SMILES string of the molecule is CCC(CC)N1[P+](=O)[B][B][P+]1=O. The summed E-state index contributed by atoms with van der Waals surface area (Å²) in [6.07, 6.45) is 1.81. The number of rotatable bonds is 3. The van der Waals surface area contributed by atoms with Gasteiger partial charge in [0.05, 0.1) is 10.5 Å². The van der Waals surface area contributed by atoms with E-state index in [2.05, 4.69) is 0 Å². The van der Waals surface area contributed by atoms with Crippen molar-refractivity contribution in [3.8, 4) is 0 Å². The van der Waals surface area contributed by atoms with E-state index in [0.717, 1.165) is 12.8 Å². The highest BCUT2D eigenvalue weighted by Gasteiger charge is 2.59. The molecule has 0 aromatic rings. The lowest BCUT2D eigenvalue weighted by Crippen LogP contribution is -2.19. The third-order valence-electron chi connectivity index (χ3n) is 1.99. The Morgan fingerprint density at radius 3 is 1.92 bits per heavy atom. The first-order valence-corrected chi connectivity index (χ1v) is 6.67. The summed E-state index contributed by atoms with van der Waals surface area (Å²) in [5.41, 5.74) is 0. The Labute approximate surface area is 76.3 Å². The molecule has 1 rings (SSSR count). The minimum absolute atomic E-state index is 0.201. The summed E-state index contributed by atoms with van der Waals surface area (Å²) in [7, 11) is -3.00. The molecule has 0 spiro atoms. The van der Waals surface area contributed by atoms with Crippen LogP contribution in [0.1, 0.15) is 26.7 Å². The first-order chi connectivity index (χ1) is 5.70. The van der Waals surface area contributed by atoms with Crippen LogP contribution < -0.4 is 0 Å². The Morgan fingerprint density at radius 1 is 1.17 bits per heavy atom. The van der Waals surface area contributed by atoms with Crippen molar-refractivity contribution in [1.82, 2.24) is 4.44 Å². The van der Waals surface area contributed by atoms with Gasteiger partial charge in [0.15, 0.2) is 0 Å². The molecule has 2 radical (unpaired) electrons. The van der Waals surface area contributed by atoms with Gasteiger partial charge in [-0.05, 0) is 12.8 Å². The Balaban J connectivity index is 2.70. The summed E-state index contributed by atoms with van der Waals surface area (Å²) in [6.45, 7) is 7.15. The van der Waals surface area contributed by atoms with E-state index in [1.165, 1.54) is 0 Å². The van der Waals surface area contributed by atoms with Gasteiger partial charge < -0.3 is 0 Å². The van der Waals surface area contributed by atoms with Crippen molar-refractivity contribution in [2.24, 2.45) is 0 Å². The van der Waals surface area contributed by atoms with Crippen molar-refractivity contribution in [1.29, 1.82) is 0 Å². The molecule has 0 aliphatic carbocycles. The topological polar surface area (TPSA) is 37.4 Å². The van der Waals surface area contributed by atoms with Crippen LogP contribution in [0.5, 0.6) is 0 Å².